The van der Waals surface area contributed by atoms with E-state index in [1.807, 2.05) is 0 Å². The highest BCUT2D eigenvalue weighted by Crippen LogP contribution is 2.41. The lowest BCUT2D eigenvalue weighted by Gasteiger charge is -2.48. The van der Waals surface area contributed by atoms with E-state index in [1.54, 1.807) is 11.5 Å². The maximum atomic E-state index is 4.63. The molecule has 1 spiro atoms. The van der Waals surface area contributed by atoms with Crippen LogP contribution in [0.4, 0.5) is 5.13 Å². The third-order valence-electron chi connectivity index (χ3n) is 4.65. The topological polar surface area (TPSA) is 49.8 Å². The molecule has 1 aliphatic heterocycles. The molecule has 98 valence electrons. The van der Waals surface area contributed by atoms with Crippen molar-refractivity contribution in [3.8, 4) is 0 Å². The number of hydrogen-bond acceptors (Lipinski definition) is 5. The Morgan fingerprint density at radius 3 is 2.89 bits per heavy atom. The van der Waals surface area contributed by atoms with Crippen LogP contribution in [0.3, 0.4) is 0 Å². The lowest BCUT2D eigenvalue weighted by molar-refractivity contribution is 0.135. The van der Waals surface area contributed by atoms with Crippen LogP contribution in [0.15, 0.2) is 0 Å². The molecule has 2 saturated carbocycles. The van der Waals surface area contributed by atoms with Gasteiger partial charge in [-0.05, 0) is 51.5 Å². The summed E-state index contributed by atoms with van der Waals surface area (Å²) in [6.07, 6.45) is 9.14. The van der Waals surface area contributed by atoms with Crippen molar-refractivity contribution in [2.45, 2.75) is 62.4 Å². The molecule has 4 nitrogen and oxygen atoms in total. The minimum absolute atomic E-state index is 0.458. The fourth-order valence-corrected chi connectivity index (χ4v) is 3.96. The molecule has 3 fully saturated rings. The molecule has 4 rings (SSSR count). The van der Waals surface area contributed by atoms with E-state index < -0.39 is 0 Å². The van der Waals surface area contributed by atoms with Gasteiger partial charge in [0, 0.05) is 29.0 Å². The van der Waals surface area contributed by atoms with Crippen LogP contribution in [-0.4, -0.2) is 27.5 Å². The van der Waals surface area contributed by atoms with Crippen LogP contribution in [-0.2, 0) is 0 Å². The molecule has 0 radical (unpaired) electrons. The number of hydrogen-bond donors (Lipinski definition) is 2. The molecular weight excluding hydrogens is 244 g/mol. The van der Waals surface area contributed by atoms with Crippen molar-refractivity contribution in [3.05, 3.63) is 5.82 Å². The van der Waals surface area contributed by atoms with Crippen LogP contribution < -0.4 is 10.6 Å². The summed E-state index contributed by atoms with van der Waals surface area (Å²) < 4.78 is 4.47. The van der Waals surface area contributed by atoms with Gasteiger partial charge in [-0.25, -0.2) is 4.98 Å². The first kappa shape index (κ1) is 11.2. The third kappa shape index (κ3) is 2.03. The van der Waals surface area contributed by atoms with Gasteiger partial charge in [0.15, 0.2) is 0 Å². The third-order valence-corrected chi connectivity index (χ3v) is 5.31. The number of anilines is 1. The van der Waals surface area contributed by atoms with Gasteiger partial charge >= 0.3 is 0 Å². The first-order valence-corrected chi connectivity index (χ1v) is 7.96. The largest absolute Gasteiger partial charge is 0.357 e. The summed E-state index contributed by atoms with van der Waals surface area (Å²) in [6, 6.07) is 0.589. The molecule has 1 saturated heterocycles. The summed E-state index contributed by atoms with van der Waals surface area (Å²) >= 11 is 1.54. The molecule has 5 heteroatoms. The predicted molar refractivity (Wildman–Crippen MR) is 73.1 cm³/mol. The Morgan fingerprint density at radius 1 is 1.28 bits per heavy atom. The molecule has 0 aromatic carbocycles. The highest BCUT2D eigenvalue weighted by Gasteiger charge is 2.41. The molecule has 1 unspecified atom stereocenters. The van der Waals surface area contributed by atoms with Crippen molar-refractivity contribution < 1.29 is 0 Å². The molecule has 2 heterocycles. The summed E-state index contributed by atoms with van der Waals surface area (Å²) in [7, 11) is 0. The number of piperidine rings is 1. The second-order valence-corrected chi connectivity index (χ2v) is 6.88. The molecule has 0 bridgehead atoms. The average Bonchev–Trinajstić information content (AvgIpc) is 3.09. The fraction of sp³-hybridized carbons (Fsp3) is 0.846. The minimum Gasteiger partial charge on any atom is -0.357 e. The van der Waals surface area contributed by atoms with E-state index >= 15 is 0 Å². The van der Waals surface area contributed by atoms with Crippen LogP contribution in [0.25, 0.3) is 0 Å². The van der Waals surface area contributed by atoms with Crippen molar-refractivity contribution in [2.24, 2.45) is 0 Å². The average molecular weight is 264 g/mol. The Labute approximate surface area is 112 Å². The second kappa shape index (κ2) is 4.17. The number of nitrogens with one attached hydrogen (secondary N) is 2. The molecule has 18 heavy (non-hydrogen) atoms. The number of aromatic nitrogens is 2. The summed E-state index contributed by atoms with van der Waals surface area (Å²) in [6.45, 7) is 1.14. The standard InChI is InChI=1S/C13H20N4S/c1-5-13(6-1)8-10(4-7-14-13)15-12-16-11(17-18-12)9-2-3-9/h9-10,14H,1-8H2,(H,15,16,17). The van der Waals surface area contributed by atoms with Gasteiger partial charge in [-0.15, -0.1) is 0 Å². The molecule has 3 aliphatic rings. The second-order valence-electron chi connectivity index (χ2n) is 6.13. The van der Waals surface area contributed by atoms with Crippen molar-refractivity contribution >= 4 is 16.7 Å². The van der Waals surface area contributed by atoms with Crippen LogP contribution in [0.2, 0.25) is 0 Å². The quantitative estimate of drug-likeness (QED) is 0.880. The summed E-state index contributed by atoms with van der Waals surface area (Å²) in [5, 5.41) is 8.36. The van der Waals surface area contributed by atoms with Gasteiger partial charge in [0.25, 0.3) is 0 Å². The predicted octanol–water partition coefficient (Wildman–Crippen LogP) is 2.50. The Kier molecular flexibility index (Phi) is 2.59. The first-order chi connectivity index (χ1) is 8.83. The monoisotopic (exact) mass is 264 g/mol. The smallest absolute Gasteiger partial charge is 0.202 e. The molecule has 2 N–H and O–H groups in total. The lowest BCUT2D eigenvalue weighted by Crippen LogP contribution is -2.58. The van der Waals surface area contributed by atoms with Crippen molar-refractivity contribution in [1.82, 2.24) is 14.7 Å². The zero-order valence-electron chi connectivity index (χ0n) is 10.6. The van der Waals surface area contributed by atoms with Crippen molar-refractivity contribution in [1.29, 1.82) is 0 Å². The fourth-order valence-electron chi connectivity index (χ4n) is 3.24. The van der Waals surface area contributed by atoms with Crippen molar-refractivity contribution in [3.63, 3.8) is 0 Å². The lowest BCUT2D eigenvalue weighted by atomic mass is 9.70. The molecular formula is C13H20N4S. The Bertz CT molecular complexity index is 436. The maximum Gasteiger partial charge on any atom is 0.202 e. The summed E-state index contributed by atoms with van der Waals surface area (Å²) in [5.41, 5.74) is 0.458. The Morgan fingerprint density at radius 2 is 2.17 bits per heavy atom. The van der Waals surface area contributed by atoms with Crippen LogP contribution >= 0.6 is 11.5 Å². The van der Waals surface area contributed by atoms with Gasteiger partial charge in [0.1, 0.15) is 5.82 Å². The number of rotatable bonds is 3. The van der Waals surface area contributed by atoms with E-state index in [0.29, 0.717) is 17.5 Å². The van der Waals surface area contributed by atoms with E-state index in [4.69, 9.17) is 0 Å². The molecule has 0 amide bonds. The zero-order valence-corrected chi connectivity index (χ0v) is 11.4. The molecule has 2 aliphatic carbocycles. The Balaban J connectivity index is 1.40. The highest BCUT2D eigenvalue weighted by atomic mass is 32.1. The summed E-state index contributed by atoms with van der Waals surface area (Å²) in [4.78, 5) is 4.63. The van der Waals surface area contributed by atoms with E-state index in [9.17, 15) is 0 Å². The van der Waals surface area contributed by atoms with Gasteiger partial charge in [-0.1, -0.05) is 0 Å². The van der Waals surface area contributed by atoms with E-state index in [1.165, 1.54) is 44.9 Å². The van der Waals surface area contributed by atoms with Gasteiger partial charge in [-0.3, -0.25) is 0 Å². The van der Waals surface area contributed by atoms with Gasteiger partial charge in [0.05, 0.1) is 0 Å². The molecule has 1 aromatic rings. The SMILES string of the molecule is C1CC2(C1)CC(Nc1nc(C3CC3)ns1)CCN2. The van der Waals surface area contributed by atoms with Crippen molar-refractivity contribution in [2.75, 3.05) is 11.9 Å². The van der Waals surface area contributed by atoms with E-state index in [0.717, 1.165) is 17.5 Å². The van der Waals surface area contributed by atoms with Gasteiger partial charge < -0.3 is 10.6 Å². The Hall–Kier alpha value is -0.680. The summed E-state index contributed by atoms with van der Waals surface area (Å²) in [5.74, 6) is 1.75. The zero-order chi connectivity index (χ0) is 12.0. The maximum absolute atomic E-state index is 4.63. The number of nitrogens with zero attached hydrogens (tertiary/aromatic N) is 2. The van der Waals surface area contributed by atoms with Crippen LogP contribution in [0, 0.1) is 0 Å². The molecule has 1 atom stereocenters. The minimum atomic E-state index is 0.458. The molecule has 1 aromatic heterocycles. The first-order valence-electron chi connectivity index (χ1n) is 7.18. The highest BCUT2D eigenvalue weighted by molar-refractivity contribution is 7.09. The van der Waals surface area contributed by atoms with Gasteiger partial charge in [-0.2, -0.15) is 4.37 Å². The normalized spacial score (nSPS) is 30.1. The van der Waals surface area contributed by atoms with Gasteiger partial charge in [0.2, 0.25) is 5.13 Å². The van der Waals surface area contributed by atoms with Crippen LogP contribution in [0.5, 0.6) is 0 Å². The van der Waals surface area contributed by atoms with Crippen LogP contribution in [0.1, 0.15) is 56.7 Å². The van der Waals surface area contributed by atoms with E-state index in [2.05, 4.69) is 20.0 Å². The van der Waals surface area contributed by atoms with E-state index in [-0.39, 0.29) is 0 Å².